The number of aromatic nitrogens is 1. The number of nitrogens with zero attached hydrogens (tertiary/aromatic N) is 2. The number of ether oxygens (including phenoxy) is 2. The molecule has 2 aliphatic carbocycles. The summed E-state index contributed by atoms with van der Waals surface area (Å²) in [5.41, 5.74) is 1.33. The van der Waals surface area contributed by atoms with Gasteiger partial charge in [-0.1, -0.05) is 49.3 Å². The molecule has 14 nitrogen and oxygen atoms in total. The molecule has 2 aromatic carbocycles. The fourth-order valence-corrected chi connectivity index (χ4v) is 9.37. The number of amides is 4. The standard InChI is InChI=1S/C41H45N5O9S/c1-24(47)42-30-15-7-5-3-4-6-12-25-22-41(25,40(50)45-56(51,52)27-18-19-27)44-38(48)32-20-26(23-46(32)39(30)49)54-35-21-31(28-13-8-10-16-33(28)53-2)43-36-29-14-9-11-17-34(29)55-37(35)36/h6,8-14,16-17,21,25-27,30,32H,3-5,7,15,18-20,22-23H2,1-2H3,(H,42,47)(H,44,48)(H,45,50)/b12-6-/t25-,26+,30-,32-,41+/m0/s1. The first-order valence-electron chi connectivity index (χ1n) is 19.2. The number of hydrogen-bond acceptors (Lipinski definition) is 10. The average Bonchev–Trinajstić information content (AvgIpc) is 4.08. The zero-order chi connectivity index (χ0) is 39.2. The summed E-state index contributed by atoms with van der Waals surface area (Å²) in [5, 5.41) is 5.83. The third kappa shape index (κ3) is 7.31. The quantitative estimate of drug-likeness (QED) is 0.215. The molecule has 4 heterocycles. The van der Waals surface area contributed by atoms with Gasteiger partial charge in [-0.25, -0.2) is 13.4 Å². The van der Waals surface area contributed by atoms with Gasteiger partial charge in [0.25, 0.3) is 5.91 Å². The Balaban J connectivity index is 1.15. The van der Waals surface area contributed by atoms with Crippen molar-refractivity contribution in [3.05, 3.63) is 66.7 Å². The Morgan fingerprint density at radius 1 is 1.02 bits per heavy atom. The molecular formula is C41H45N5O9S. The molecule has 8 rings (SSSR count). The third-order valence-corrected chi connectivity index (χ3v) is 13.0. The van der Waals surface area contributed by atoms with E-state index in [4.69, 9.17) is 18.9 Å². The van der Waals surface area contributed by atoms with Gasteiger partial charge in [-0.2, -0.15) is 0 Å². The van der Waals surface area contributed by atoms with Crippen molar-refractivity contribution >= 4 is 55.7 Å². The Morgan fingerprint density at radius 3 is 2.59 bits per heavy atom. The van der Waals surface area contributed by atoms with Gasteiger partial charge >= 0.3 is 0 Å². The van der Waals surface area contributed by atoms with Gasteiger partial charge in [0.05, 0.1) is 24.6 Å². The second-order valence-corrected chi connectivity index (χ2v) is 17.2. The molecule has 4 aromatic rings. The van der Waals surface area contributed by atoms with E-state index in [-0.39, 0.29) is 25.3 Å². The summed E-state index contributed by atoms with van der Waals surface area (Å²) in [4.78, 5) is 61.4. The Bertz CT molecular complexity index is 2360. The lowest BCUT2D eigenvalue weighted by atomic mass is 10.0. The normalized spacial score (nSPS) is 26.3. The Morgan fingerprint density at radius 2 is 1.80 bits per heavy atom. The van der Waals surface area contributed by atoms with Crippen LogP contribution in [0.25, 0.3) is 33.3 Å². The van der Waals surface area contributed by atoms with Crippen molar-refractivity contribution in [3.8, 4) is 22.8 Å². The zero-order valence-corrected chi connectivity index (χ0v) is 32.1. The SMILES string of the molecule is COc1ccccc1-c1cc(O[C@@H]2C[C@H]3C(=O)N[C@]4(C(=O)NS(=O)(=O)C5CC5)C[C@@H]4/C=C\CCCCC[C@H](NC(C)=O)C(=O)N3C2)c2oc3ccccc3c2n1. The van der Waals surface area contributed by atoms with E-state index in [9.17, 15) is 27.6 Å². The molecule has 0 bridgehead atoms. The number of rotatable bonds is 8. The number of para-hydroxylation sites is 2. The summed E-state index contributed by atoms with van der Waals surface area (Å²) in [6.45, 7) is 1.33. The maximum Gasteiger partial charge on any atom is 0.259 e. The van der Waals surface area contributed by atoms with E-state index in [0.717, 1.165) is 23.8 Å². The van der Waals surface area contributed by atoms with Crippen LogP contribution < -0.4 is 24.8 Å². The third-order valence-electron chi connectivity index (χ3n) is 11.2. The lowest BCUT2D eigenvalue weighted by molar-refractivity contribution is -0.142. The highest BCUT2D eigenvalue weighted by molar-refractivity contribution is 7.91. The highest BCUT2D eigenvalue weighted by Gasteiger charge is 2.62. The topological polar surface area (TPSA) is 186 Å². The van der Waals surface area contributed by atoms with Crippen molar-refractivity contribution in [3.63, 3.8) is 0 Å². The average molecular weight is 784 g/mol. The van der Waals surface area contributed by atoms with Gasteiger partial charge in [0.1, 0.15) is 40.6 Å². The molecule has 0 radical (unpaired) electrons. The molecule has 0 spiro atoms. The Kier molecular flexibility index (Phi) is 9.97. The molecule has 5 atom stereocenters. The highest BCUT2D eigenvalue weighted by atomic mass is 32.2. The van der Waals surface area contributed by atoms with Crippen molar-refractivity contribution in [1.29, 1.82) is 0 Å². The van der Waals surface area contributed by atoms with Crippen LogP contribution >= 0.6 is 0 Å². The first kappa shape index (κ1) is 37.5. The van der Waals surface area contributed by atoms with E-state index in [1.54, 1.807) is 13.2 Å². The number of nitrogens with one attached hydrogen (secondary N) is 3. The summed E-state index contributed by atoms with van der Waals surface area (Å²) in [5.74, 6) is -1.70. The van der Waals surface area contributed by atoms with Gasteiger partial charge in [-0.05, 0) is 62.8 Å². The summed E-state index contributed by atoms with van der Waals surface area (Å²) in [6.07, 6.45) is 7.64. The molecule has 2 aromatic heterocycles. The molecule has 294 valence electrons. The number of allylic oxidation sites excluding steroid dienone is 1. The lowest BCUT2D eigenvalue weighted by Gasteiger charge is -2.29. The fraction of sp³-hybridized carbons (Fsp3) is 0.439. The predicted octanol–water partition coefficient (Wildman–Crippen LogP) is 4.51. The molecule has 15 heteroatoms. The Labute approximate surface area is 324 Å². The highest BCUT2D eigenvalue weighted by Crippen LogP contribution is 2.46. The zero-order valence-electron chi connectivity index (χ0n) is 31.3. The van der Waals surface area contributed by atoms with Gasteiger partial charge in [-0.3, -0.25) is 23.9 Å². The molecule has 2 saturated carbocycles. The van der Waals surface area contributed by atoms with Crippen LogP contribution in [0.15, 0.2) is 71.2 Å². The maximum atomic E-state index is 14.5. The van der Waals surface area contributed by atoms with Gasteiger partial charge < -0.3 is 29.4 Å². The number of benzene rings is 2. The van der Waals surface area contributed by atoms with E-state index >= 15 is 0 Å². The summed E-state index contributed by atoms with van der Waals surface area (Å²) < 4.78 is 46.6. The minimum Gasteiger partial charge on any atom is -0.496 e. The van der Waals surface area contributed by atoms with Gasteiger partial charge in [0, 0.05) is 36.3 Å². The molecule has 4 amide bonds. The van der Waals surface area contributed by atoms with Gasteiger partial charge in [-0.15, -0.1) is 0 Å². The van der Waals surface area contributed by atoms with Crippen molar-refractivity contribution in [2.24, 2.45) is 5.92 Å². The molecule has 2 aliphatic heterocycles. The predicted molar refractivity (Wildman–Crippen MR) is 207 cm³/mol. The van der Waals surface area contributed by atoms with E-state index < -0.39 is 62.6 Å². The number of carbonyl (C=O) groups is 4. The van der Waals surface area contributed by atoms with Crippen LogP contribution in [0.1, 0.15) is 64.7 Å². The van der Waals surface area contributed by atoms with Crippen LogP contribution in [-0.4, -0.2) is 84.6 Å². The molecule has 4 aliphatic rings. The van der Waals surface area contributed by atoms with Crippen LogP contribution in [0.2, 0.25) is 0 Å². The summed E-state index contributed by atoms with van der Waals surface area (Å²) in [7, 11) is -2.32. The molecule has 1 saturated heterocycles. The molecule has 0 unspecified atom stereocenters. The van der Waals surface area contributed by atoms with Crippen LogP contribution in [0, 0.1) is 5.92 Å². The fourth-order valence-electron chi connectivity index (χ4n) is 8.01. The second-order valence-electron chi connectivity index (χ2n) is 15.2. The first-order chi connectivity index (χ1) is 27.0. The number of pyridine rings is 1. The minimum absolute atomic E-state index is 0.0143. The van der Waals surface area contributed by atoms with Gasteiger partial charge in [0.2, 0.25) is 27.7 Å². The summed E-state index contributed by atoms with van der Waals surface area (Å²) in [6, 6.07) is 14.7. The van der Waals surface area contributed by atoms with Crippen molar-refractivity contribution in [2.45, 2.75) is 93.7 Å². The van der Waals surface area contributed by atoms with E-state index in [1.165, 1.54) is 11.8 Å². The second kappa shape index (κ2) is 14.9. The van der Waals surface area contributed by atoms with Crippen molar-refractivity contribution < 1.29 is 41.5 Å². The minimum atomic E-state index is -3.90. The number of furan rings is 1. The van der Waals surface area contributed by atoms with Crippen molar-refractivity contribution in [2.75, 3.05) is 13.7 Å². The number of fused-ring (bicyclic) bond motifs is 5. The van der Waals surface area contributed by atoms with Crippen LogP contribution in [-0.2, 0) is 29.2 Å². The molecule has 3 fully saturated rings. The number of sulfonamides is 1. The van der Waals surface area contributed by atoms with E-state index in [2.05, 4.69) is 15.4 Å². The maximum absolute atomic E-state index is 14.5. The first-order valence-corrected chi connectivity index (χ1v) is 20.8. The van der Waals surface area contributed by atoms with Crippen LogP contribution in [0.5, 0.6) is 11.5 Å². The number of hydrogen-bond donors (Lipinski definition) is 3. The molecule has 56 heavy (non-hydrogen) atoms. The largest absolute Gasteiger partial charge is 0.496 e. The smallest absolute Gasteiger partial charge is 0.259 e. The number of methoxy groups -OCH3 is 1. The van der Waals surface area contributed by atoms with E-state index in [0.29, 0.717) is 66.0 Å². The number of carbonyl (C=O) groups excluding carboxylic acids is 4. The Hall–Kier alpha value is -5.44. The van der Waals surface area contributed by atoms with Crippen molar-refractivity contribution in [1.82, 2.24) is 25.2 Å². The van der Waals surface area contributed by atoms with Crippen LogP contribution in [0.4, 0.5) is 0 Å². The summed E-state index contributed by atoms with van der Waals surface area (Å²) >= 11 is 0. The van der Waals surface area contributed by atoms with Gasteiger partial charge in [0.15, 0.2) is 11.3 Å². The lowest BCUT2D eigenvalue weighted by Crippen LogP contribution is -2.58. The van der Waals surface area contributed by atoms with E-state index in [1.807, 2.05) is 60.7 Å². The molecule has 3 N–H and O–H groups in total. The monoisotopic (exact) mass is 783 g/mol. The van der Waals surface area contributed by atoms with Crippen LogP contribution in [0.3, 0.4) is 0 Å². The molecular weight excluding hydrogens is 739 g/mol.